The molecule has 1 fully saturated rings. The molecule has 1 unspecified atom stereocenters. The molecule has 0 aromatic carbocycles. The molecule has 0 bridgehead atoms. The van der Waals surface area contributed by atoms with Crippen LogP contribution in [-0.4, -0.2) is 43.3 Å². The van der Waals surface area contributed by atoms with Crippen LogP contribution in [0.5, 0.6) is 0 Å². The molecule has 0 aliphatic carbocycles. The summed E-state index contributed by atoms with van der Waals surface area (Å²) in [7, 11) is 0. The average Bonchev–Trinajstić information content (AvgIpc) is 3.13. The van der Waals surface area contributed by atoms with E-state index in [0.717, 1.165) is 28.9 Å². The normalized spacial score (nSPS) is 20.5. The Kier molecular flexibility index (Phi) is 4.36. The Morgan fingerprint density at radius 1 is 1.42 bits per heavy atom. The van der Waals surface area contributed by atoms with Crippen molar-refractivity contribution in [1.82, 2.24) is 20.0 Å². The first kappa shape index (κ1) is 16.6. The fraction of sp³-hybridized carbons (Fsp3) is 0.529. The van der Waals surface area contributed by atoms with Crippen molar-refractivity contribution in [3.05, 3.63) is 40.5 Å². The predicted molar refractivity (Wildman–Crippen MR) is 86.8 cm³/mol. The molecule has 0 radical (unpaired) electrons. The standard InChI is InChI=1S/C17H22N4O3/c1-11-7-12(2)18-13(3)15(11)10-21-9-14(19-20-21)8-17(16(22)23)5-4-6-24-17/h7,9H,4-6,8,10H2,1-3H3,(H,22,23). The zero-order valence-corrected chi connectivity index (χ0v) is 14.2. The molecule has 1 aliphatic heterocycles. The van der Waals surface area contributed by atoms with Crippen LogP contribution < -0.4 is 0 Å². The van der Waals surface area contributed by atoms with E-state index in [9.17, 15) is 9.90 Å². The van der Waals surface area contributed by atoms with Gasteiger partial charge in [-0.1, -0.05) is 5.21 Å². The van der Waals surface area contributed by atoms with Crippen molar-refractivity contribution in [2.24, 2.45) is 0 Å². The Hall–Kier alpha value is -2.28. The van der Waals surface area contributed by atoms with E-state index in [4.69, 9.17) is 4.74 Å². The maximum atomic E-state index is 11.6. The highest BCUT2D eigenvalue weighted by Crippen LogP contribution is 2.29. The first-order valence-electron chi connectivity index (χ1n) is 8.10. The maximum Gasteiger partial charge on any atom is 0.336 e. The van der Waals surface area contributed by atoms with Gasteiger partial charge in [-0.05, 0) is 50.8 Å². The number of nitrogens with zero attached hydrogens (tertiary/aromatic N) is 4. The van der Waals surface area contributed by atoms with Gasteiger partial charge in [-0.2, -0.15) is 0 Å². The van der Waals surface area contributed by atoms with E-state index in [1.807, 2.05) is 19.9 Å². The van der Waals surface area contributed by atoms with Gasteiger partial charge in [0.2, 0.25) is 0 Å². The number of aromatic nitrogens is 4. The van der Waals surface area contributed by atoms with E-state index in [2.05, 4.69) is 22.2 Å². The molecule has 128 valence electrons. The van der Waals surface area contributed by atoms with Crippen LogP contribution in [0.25, 0.3) is 0 Å². The lowest BCUT2D eigenvalue weighted by Gasteiger charge is -2.21. The van der Waals surface area contributed by atoms with Gasteiger partial charge in [0.05, 0.1) is 12.2 Å². The van der Waals surface area contributed by atoms with E-state index in [-0.39, 0.29) is 6.42 Å². The van der Waals surface area contributed by atoms with Crippen LogP contribution in [0.15, 0.2) is 12.3 Å². The summed E-state index contributed by atoms with van der Waals surface area (Å²) in [5.74, 6) is -0.927. The topological polar surface area (TPSA) is 90.1 Å². The quantitative estimate of drug-likeness (QED) is 0.899. The smallest absolute Gasteiger partial charge is 0.336 e. The third kappa shape index (κ3) is 3.17. The Labute approximate surface area is 140 Å². The van der Waals surface area contributed by atoms with Gasteiger partial charge in [0, 0.05) is 30.6 Å². The molecule has 24 heavy (non-hydrogen) atoms. The van der Waals surface area contributed by atoms with Crippen LogP contribution in [0.2, 0.25) is 0 Å². The molecule has 7 nitrogen and oxygen atoms in total. The second-order valence-electron chi connectivity index (χ2n) is 6.48. The number of hydrogen-bond acceptors (Lipinski definition) is 5. The Morgan fingerprint density at radius 3 is 2.83 bits per heavy atom. The summed E-state index contributed by atoms with van der Waals surface area (Å²) in [5.41, 5.74) is 3.73. The van der Waals surface area contributed by atoms with Crippen LogP contribution in [0.1, 0.15) is 41.1 Å². The van der Waals surface area contributed by atoms with Crippen LogP contribution in [0.3, 0.4) is 0 Å². The second kappa shape index (κ2) is 6.32. The largest absolute Gasteiger partial charge is 0.479 e. The predicted octanol–water partition coefficient (Wildman–Crippen LogP) is 1.82. The Bertz CT molecular complexity index is 740. The van der Waals surface area contributed by atoms with Gasteiger partial charge in [-0.25, -0.2) is 9.48 Å². The number of aliphatic carboxylic acids is 1. The van der Waals surface area contributed by atoms with Gasteiger partial charge in [-0.15, -0.1) is 5.10 Å². The highest BCUT2D eigenvalue weighted by molar-refractivity contribution is 5.78. The van der Waals surface area contributed by atoms with Crippen molar-refractivity contribution in [2.45, 2.75) is 52.2 Å². The third-order valence-electron chi connectivity index (χ3n) is 4.55. The molecule has 1 saturated heterocycles. The zero-order chi connectivity index (χ0) is 17.3. The van der Waals surface area contributed by atoms with Gasteiger partial charge >= 0.3 is 5.97 Å². The third-order valence-corrected chi connectivity index (χ3v) is 4.55. The van der Waals surface area contributed by atoms with E-state index in [1.54, 1.807) is 10.9 Å². The molecule has 7 heteroatoms. The lowest BCUT2D eigenvalue weighted by Crippen LogP contribution is -2.40. The molecular formula is C17H22N4O3. The number of hydrogen-bond donors (Lipinski definition) is 1. The number of rotatable bonds is 5. The van der Waals surface area contributed by atoms with E-state index in [0.29, 0.717) is 25.3 Å². The van der Waals surface area contributed by atoms with Crippen molar-refractivity contribution in [2.75, 3.05) is 6.61 Å². The average molecular weight is 330 g/mol. The number of carboxylic acid groups (broad SMARTS) is 1. The van der Waals surface area contributed by atoms with Gasteiger partial charge in [0.1, 0.15) is 0 Å². The summed E-state index contributed by atoms with van der Waals surface area (Å²) < 4.78 is 7.23. The second-order valence-corrected chi connectivity index (χ2v) is 6.48. The van der Waals surface area contributed by atoms with Crippen molar-refractivity contribution in [3.8, 4) is 0 Å². The molecule has 0 saturated carbocycles. The summed E-state index contributed by atoms with van der Waals surface area (Å²) in [6, 6.07) is 2.05. The van der Waals surface area contributed by atoms with Crippen LogP contribution >= 0.6 is 0 Å². The van der Waals surface area contributed by atoms with Crippen molar-refractivity contribution >= 4 is 5.97 Å². The summed E-state index contributed by atoms with van der Waals surface area (Å²) in [6.45, 7) is 7.07. The lowest BCUT2D eigenvalue weighted by atomic mass is 9.95. The molecule has 0 amide bonds. The molecule has 1 atom stereocenters. The van der Waals surface area contributed by atoms with Gasteiger partial charge in [0.15, 0.2) is 5.60 Å². The molecule has 2 aromatic heterocycles. The SMILES string of the molecule is Cc1cc(C)c(Cn2cc(CC3(C(=O)O)CCCO3)nn2)c(C)n1. The minimum Gasteiger partial charge on any atom is -0.479 e. The number of pyridine rings is 1. The number of aryl methyl sites for hydroxylation is 3. The molecule has 3 heterocycles. The van der Waals surface area contributed by atoms with E-state index < -0.39 is 11.6 Å². The molecule has 3 rings (SSSR count). The van der Waals surface area contributed by atoms with Crippen LogP contribution in [0, 0.1) is 20.8 Å². The summed E-state index contributed by atoms with van der Waals surface area (Å²) in [6.07, 6.45) is 3.31. The summed E-state index contributed by atoms with van der Waals surface area (Å²) in [5, 5.41) is 17.7. The minimum absolute atomic E-state index is 0.243. The zero-order valence-electron chi connectivity index (χ0n) is 14.2. The first-order chi connectivity index (χ1) is 11.4. The van der Waals surface area contributed by atoms with Crippen LogP contribution in [-0.2, 0) is 22.5 Å². The monoisotopic (exact) mass is 330 g/mol. The molecule has 1 N–H and O–H groups in total. The highest BCUT2D eigenvalue weighted by atomic mass is 16.5. The lowest BCUT2D eigenvalue weighted by molar-refractivity contribution is -0.160. The number of carboxylic acids is 1. The summed E-state index contributed by atoms with van der Waals surface area (Å²) in [4.78, 5) is 16.1. The number of ether oxygens (including phenoxy) is 1. The van der Waals surface area contributed by atoms with Crippen LogP contribution in [0.4, 0.5) is 0 Å². The van der Waals surface area contributed by atoms with Crippen molar-refractivity contribution in [3.63, 3.8) is 0 Å². The Balaban J connectivity index is 1.78. The number of carbonyl (C=O) groups is 1. The molecule has 0 spiro atoms. The molecular weight excluding hydrogens is 308 g/mol. The van der Waals surface area contributed by atoms with E-state index >= 15 is 0 Å². The van der Waals surface area contributed by atoms with E-state index in [1.165, 1.54) is 0 Å². The Morgan fingerprint density at radius 2 is 2.21 bits per heavy atom. The fourth-order valence-electron chi connectivity index (χ4n) is 3.32. The molecule has 2 aromatic rings. The van der Waals surface area contributed by atoms with Crippen molar-refractivity contribution in [1.29, 1.82) is 0 Å². The van der Waals surface area contributed by atoms with Gasteiger partial charge < -0.3 is 9.84 Å². The van der Waals surface area contributed by atoms with Gasteiger partial charge in [-0.3, -0.25) is 4.98 Å². The first-order valence-corrected chi connectivity index (χ1v) is 8.10. The highest BCUT2D eigenvalue weighted by Gasteiger charge is 2.43. The van der Waals surface area contributed by atoms with Gasteiger partial charge in [0.25, 0.3) is 0 Å². The summed E-state index contributed by atoms with van der Waals surface area (Å²) >= 11 is 0. The maximum absolute atomic E-state index is 11.6. The molecule has 1 aliphatic rings. The van der Waals surface area contributed by atoms with Crippen molar-refractivity contribution < 1.29 is 14.6 Å². The minimum atomic E-state index is -1.15. The fourth-order valence-corrected chi connectivity index (χ4v) is 3.32.